The molecule has 0 aliphatic carbocycles. The molecule has 0 aliphatic rings. The Labute approximate surface area is 132 Å². The van der Waals surface area contributed by atoms with Crippen molar-refractivity contribution in [1.29, 1.82) is 0 Å². The highest BCUT2D eigenvalue weighted by Gasteiger charge is 2.19. The summed E-state index contributed by atoms with van der Waals surface area (Å²) in [5, 5.41) is 8.81. The van der Waals surface area contributed by atoms with E-state index in [0.29, 0.717) is 0 Å². The van der Waals surface area contributed by atoms with Crippen molar-refractivity contribution < 1.29 is 22.7 Å². The summed E-state index contributed by atoms with van der Waals surface area (Å²) in [6.07, 6.45) is 0. The Morgan fingerprint density at radius 1 is 1.33 bits per heavy atom. The van der Waals surface area contributed by atoms with Gasteiger partial charge in [-0.15, -0.1) is 11.3 Å². The highest BCUT2D eigenvalue weighted by atomic mass is 79.9. The zero-order valence-electron chi connectivity index (χ0n) is 10.3. The summed E-state index contributed by atoms with van der Waals surface area (Å²) < 4.78 is 40.6. The maximum Gasteiger partial charge on any atom is 0.338 e. The molecule has 1 aromatic heterocycles. The molecule has 0 atom stereocenters. The van der Waals surface area contributed by atoms with Gasteiger partial charge in [0.05, 0.1) is 14.2 Å². The highest BCUT2D eigenvalue weighted by Crippen LogP contribution is 2.22. The van der Waals surface area contributed by atoms with Gasteiger partial charge in [-0.25, -0.2) is 22.3 Å². The molecule has 2 aromatic rings. The lowest BCUT2D eigenvalue weighted by Crippen LogP contribution is -2.23. The molecule has 1 heterocycles. The summed E-state index contributed by atoms with van der Waals surface area (Å²) >= 11 is 4.64. The predicted molar refractivity (Wildman–Crippen MR) is 79.4 cm³/mol. The molecule has 0 radical (unpaired) electrons. The van der Waals surface area contributed by atoms with Gasteiger partial charge in [-0.1, -0.05) is 0 Å². The number of rotatable bonds is 5. The van der Waals surface area contributed by atoms with E-state index >= 15 is 0 Å². The Balaban J connectivity index is 2.23. The average Bonchev–Trinajstić information content (AvgIpc) is 2.82. The van der Waals surface area contributed by atoms with Crippen LogP contribution in [-0.2, 0) is 16.6 Å². The molecule has 0 saturated heterocycles. The van der Waals surface area contributed by atoms with Crippen LogP contribution < -0.4 is 4.72 Å². The molecule has 21 heavy (non-hydrogen) atoms. The van der Waals surface area contributed by atoms with Crippen LogP contribution in [0.25, 0.3) is 0 Å². The fourth-order valence-electron chi connectivity index (χ4n) is 1.53. The van der Waals surface area contributed by atoms with Crippen molar-refractivity contribution >= 4 is 43.3 Å². The first-order chi connectivity index (χ1) is 9.79. The lowest BCUT2D eigenvalue weighted by atomic mass is 10.2. The average molecular weight is 394 g/mol. The van der Waals surface area contributed by atoms with Crippen molar-refractivity contribution in [2.75, 3.05) is 0 Å². The first kappa shape index (κ1) is 16.1. The van der Waals surface area contributed by atoms with Gasteiger partial charge in [-0.05, 0) is 46.3 Å². The van der Waals surface area contributed by atoms with E-state index < -0.39 is 27.4 Å². The molecular formula is C12H9BrFNO4S2. The third-order valence-electron chi connectivity index (χ3n) is 2.54. The lowest BCUT2D eigenvalue weighted by Gasteiger charge is -2.07. The van der Waals surface area contributed by atoms with Crippen LogP contribution in [0.3, 0.4) is 0 Å². The standard InChI is InChI=1S/C12H9BrFNO4S2/c13-11-4-1-7(20-11)6-15-21(18,19)8-2-3-10(14)9(5-8)12(16)17/h1-5,15H,6H2,(H,16,17). The number of carboxylic acids is 1. The van der Waals surface area contributed by atoms with E-state index in [4.69, 9.17) is 5.11 Å². The van der Waals surface area contributed by atoms with Gasteiger partial charge in [0.2, 0.25) is 10.0 Å². The largest absolute Gasteiger partial charge is 0.478 e. The normalized spacial score (nSPS) is 11.5. The van der Waals surface area contributed by atoms with Crippen molar-refractivity contribution in [1.82, 2.24) is 4.72 Å². The second-order valence-corrected chi connectivity index (χ2v) is 8.29. The Morgan fingerprint density at radius 2 is 2.05 bits per heavy atom. The van der Waals surface area contributed by atoms with Gasteiger partial charge in [0.25, 0.3) is 0 Å². The van der Waals surface area contributed by atoms with E-state index in [1.54, 1.807) is 12.1 Å². The molecule has 0 spiro atoms. The van der Waals surface area contributed by atoms with Crippen LogP contribution in [0.5, 0.6) is 0 Å². The SMILES string of the molecule is O=C(O)c1cc(S(=O)(=O)NCc2ccc(Br)s2)ccc1F. The van der Waals surface area contributed by atoms with E-state index in [1.807, 2.05) is 0 Å². The minimum absolute atomic E-state index is 0.0678. The summed E-state index contributed by atoms with van der Waals surface area (Å²) in [4.78, 5) is 11.3. The molecule has 112 valence electrons. The van der Waals surface area contributed by atoms with E-state index in [2.05, 4.69) is 20.7 Å². The molecule has 1 aromatic carbocycles. The molecule has 0 saturated carbocycles. The van der Waals surface area contributed by atoms with Crippen LogP contribution in [0.2, 0.25) is 0 Å². The number of nitrogens with one attached hydrogen (secondary N) is 1. The summed E-state index contributed by atoms with van der Waals surface area (Å²) in [5.74, 6) is -2.50. The molecule has 0 aliphatic heterocycles. The Kier molecular flexibility index (Phi) is 4.77. The molecule has 2 N–H and O–H groups in total. The number of hydrogen-bond donors (Lipinski definition) is 2. The first-order valence-electron chi connectivity index (χ1n) is 5.56. The van der Waals surface area contributed by atoms with Crippen LogP contribution in [-0.4, -0.2) is 19.5 Å². The number of carbonyl (C=O) groups is 1. The van der Waals surface area contributed by atoms with E-state index in [-0.39, 0.29) is 11.4 Å². The first-order valence-corrected chi connectivity index (χ1v) is 8.65. The predicted octanol–water partition coefficient (Wildman–Crippen LogP) is 2.83. The van der Waals surface area contributed by atoms with Crippen molar-refractivity contribution in [2.24, 2.45) is 0 Å². The third-order valence-corrected chi connectivity index (χ3v) is 5.57. The lowest BCUT2D eigenvalue weighted by molar-refractivity contribution is 0.0691. The molecule has 9 heteroatoms. The van der Waals surface area contributed by atoms with Crippen molar-refractivity contribution in [2.45, 2.75) is 11.4 Å². The van der Waals surface area contributed by atoms with Gasteiger partial charge < -0.3 is 5.11 Å². The fraction of sp³-hybridized carbons (Fsp3) is 0.0833. The zero-order chi connectivity index (χ0) is 15.6. The smallest absolute Gasteiger partial charge is 0.338 e. The van der Waals surface area contributed by atoms with Gasteiger partial charge >= 0.3 is 5.97 Å². The van der Waals surface area contributed by atoms with Crippen LogP contribution in [0.15, 0.2) is 39.0 Å². The number of benzene rings is 1. The van der Waals surface area contributed by atoms with Crippen molar-refractivity contribution in [3.63, 3.8) is 0 Å². The summed E-state index contributed by atoms with van der Waals surface area (Å²) in [5.41, 5.74) is -0.684. The summed E-state index contributed by atoms with van der Waals surface area (Å²) in [6, 6.07) is 6.18. The van der Waals surface area contributed by atoms with Crippen LogP contribution in [0, 0.1) is 5.82 Å². The topological polar surface area (TPSA) is 83.5 Å². The number of sulfonamides is 1. The molecule has 2 rings (SSSR count). The molecular weight excluding hydrogens is 385 g/mol. The van der Waals surface area contributed by atoms with Crippen molar-refractivity contribution in [3.8, 4) is 0 Å². The third kappa shape index (κ3) is 3.88. The van der Waals surface area contributed by atoms with Gasteiger partial charge in [-0.2, -0.15) is 0 Å². The van der Waals surface area contributed by atoms with Gasteiger partial charge in [0, 0.05) is 11.4 Å². The van der Waals surface area contributed by atoms with Crippen LogP contribution >= 0.6 is 27.3 Å². The van der Waals surface area contributed by atoms with Crippen LogP contribution in [0.4, 0.5) is 4.39 Å². The van der Waals surface area contributed by atoms with E-state index in [9.17, 15) is 17.6 Å². The number of thiophene rings is 1. The minimum atomic E-state index is -3.91. The molecule has 5 nitrogen and oxygen atoms in total. The monoisotopic (exact) mass is 393 g/mol. The molecule has 0 bridgehead atoms. The Bertz CT molecular complexity index is 788. The van der Waals surface area contributed by atoms with Gasteiger partial charge in [0.1, 0.15) is 5.82 Å². The highest BCUT2D eigenvalue weighted by molar-refractivity contribution is 9.11. The zero-order valence-corrected chi connectivity index (χ0v) is 13.6. The molecule has 0 unspecified atom stereocenters. The summed E-state index contributed by atoms with van der Waals surface area (Å²) in [6.45, 7) is 0.0678. The molecule has 0 fully saturated rings. The second kappa shape index (κ2) is 6.22. The second-order valence-electron chi connectivity index (χ2n) is 3.98. The molecule has 0 amide bonds. The fourth-order valence-corrected chi connectivity index (χ4v) is 4.08. The van der Waals surface area contributed by atoms with Gasteiger partial charge in [0.15, 0.2) is 0 Å². The van der Waals surface area contributed by atoms with Crippen molar-refractivity contribution in [3.05, 3.63) is 50.4 Å². The Hall–Kier alpha value is -1.29. The van der Waals surface area contributed by atoms with E-state index in [0.717, 1.165) is 26.9 Å². The Morgan fingerprint density at radius 3 is 2.62 bits per heavy atom. The maximum atomic E-state index is 13.3. The number of hydrogen-bond acceptors (Lipinski definition) is 4. The van der Waals surface area contributed by atoms with Gasteiger partial charge in [-0.3, -0.25) is 0 Å². The summed E-state index contributed by atoms with van der Waals surface area (Å²) in [7, 11) is -3.91. The maximum absolute atomic E-state index is 13.3. The van der Waals surface area contributed by atoms with Crippen LogP contribution in [0.1, 0.15) is 15.2 Å². The number of halogens is 2. The number of aromatic carboxylic acids is 1. The minimum Gasteiger partial charge on any atom is -0.478 e. The quantitative estimate of drug-likeness (QED) is 0.817. The number of carboxylic acid groups (broad SMARTS) is 1. The van der Waals surface area contributed by atoms with E-state index in [1.165, 1.54) is 11.3 Å².